The molecule has 0 bridgehead atoms. The van der Waals surface area contributed by atoms with Crippen LogP contribution < -0.4 is 5.32 Å². The number of amides is 2. The highest BCUT2D eigenvalue weighted by molar-refractivity contribution is 6.07. The lowest BCUT2D eigenvalue weighted by Crippen LogP contribution is -2.55. The number of likely N-dealkylation sites (N-methyl/N-ethyl adjacent to an activating group) is 1. The van der Waals surface area contributed by atoms with Crippen molar-refractivity contribution in [2.75, 3.05) is 13.7 Å². The van der Waals surface area contributed by atoms with Crippen LogP contribution >= 0.6 is 0 Å². The van der Waals surface area contributed by atoms with Crippen molar-refractivity contribution in [2.45, 2.75) is 18.9 Å². The van der Waals surface area contributed by atoms with Gasteiger partial charge in [-0.15, -0.1) is 0 Å². The summed E-state index contributed by atoms with van der Waals surface area (Å²) in [6.07, 6.45) is 2.63. The predicted octanol–water partition coefficient (Wildman–Crippen LogP) is 0.757. The Morgan fingerprint density at radius 3 is 2.65 bits per heavy atom. The number of aliphatic hydroxyl groups excluding tert-OH is 1. The zero-order chi connectivity index (χ0) is 14.5. The summed E-state index contributed by atoms with van der Waals surface area (Å²) in [4.78, 5) is 25.6. The molecule has 0 saturated carbocycles. The lowest BCUT2D eigenvalue weighted by molar-refractivity contribution is -0.139. The summed E-state index contributed by atoms with van der Waals surface area (Å²) in [6, 6.07) is 8.83. The molecule has 0 unspecified atom stereocenters. The summed E-state index contributed by atoms with van der Waals surface area (Å²) in [7, 11) is 1.60. The minimum Gasteiger partial charge on any atom is -0.396 e. The van der Waals surface area contributed by atoms with Crippen molar-refractivity contribution in [2.24, 2.45) is 0 Å². The normalized spacial score (nSPS) is 21.2. The fourth-order valence-corrected chi connectivity index (χ4v) is 2.16. The number of aliphatic hydroxyl groups is 1. The van der Waals surface area contributed by atoms with Crippen LogP contribution in [0.4, 0.5) is 0 Å². The van der Waals surface area contributed by atoms with Gasteiger partial charge in [0, 0.05) is 13.7 Å². The third-order valence-corrected chi connectivity index (χ3v) is 3.28. The van der Waals surface area contributed by atoms with Crippen LogP contribution in [0.15, 0.2) is 36.0 Å². The summed E-state index contributed by atoms with van der Waals surface area (Å²) < 4.78 is 0. The van der Waals surface area contributed by atoms with Gasteiger partial charge in [0.1, 0.15) is 11.7 Å². The maximum atomic E-state index is 12.2. The summed E-state index contributed by atoms with van der Waals surface area (Å²) >= 11 is 0. The molecule has 1 heterocycles. The molecular formula is C15H18N2O3. The van der Waals surface area contributed by atoms with E-state index in [0.29, 0.717) is 18.5 Å². The average molecular weight is 274 g/mol. The highest BCUT2D eigenvalue weighted by Gasteiger charge is 2.33. The number of piperazine rings is 1. The number of nitrogens with zero attached hydrogens (tertiary/aromatic N) is 1. The fraction of sp³-hybridized carbons (Fsp3) is 0.333. The molecule has 0 aliphatic carbocycles. The molecule has 2 amide bonds. The molecule has 2 N–H and O–H groups in total. The fourth-order valence-electron chi connectivity index (χ4n) is 2.16. The smallest absolute Gasteiger partial charge is 0.268 e. The van der Waals surface area contributed by atoms with Crippen molar-refractivity contribution in [3.63, 3.8) is 0 Å². The maximum absolute atomic E-state index is 12.2. The highest BCUT2D eigenvalue weighted by Crippen LogP contribution is 2.17. The molecule has 1 fully saturated rings. The summed E-state index contributed by atoms with van der Waals surface area (Å²) in [6.45, 7) is 0.01000. The molecule has 1 aromatic carbocycles. The first-order valence-corrected chi connectivity index (χ1v) is 6.59. The molecule has 1 aromatic rings. The van der Waals surface area contributed by atoms with Gasteiger partial charge in [-0.1, -0.05) is 30.3 Å². The molecule has 1 aliphatic heterocycles. The van der Waals surface area contributed by atoms with Crippen molar-refractivity contribution >= 4 is 17.9 Å². The van der Waals surface area contributed by atoms with E-state index >= 15 is 0 Å². The SMILES string of the molecule is CN1C(=O)[C@@H](CCCO)NC(=O)/C1=C/c1ccccc1. The molecule has 5 nitrogen and oxygen atoms in total. The highest BCUT2D eigenvalue weighted by atomic mass is 16.3. The standard InChI is InChI=1S/C15H18N2O3/c1-17-13(10-11-6-3-2-4-7-11)14(19)16-12(15(17)20)8-5-9-18/h2-4,6-7,10,12,18H,5,8-9H2,1H3,(H,16,19)/b13-10-/t12-/m1/s1. The van der Waals surface area contributed by atoms with Crippen molar-refractivity contribution in [1.82, 2.24) is 10.2 Å². The van der Waals surface area contributed by atoms with Gasteiger partial charge in [-0.25, -0.2) is 0 Å². The van der Waals surface area contributed by atoms with E-state index in [0.717, 1.165) is 5.56 Å². The number of carbonyl (C=O) groups is 2. The Hall–Kier alpha value is -2.14. The Kier molecular flexibility index (Phi) is 4.53. The molecule has 0 aromatic heterocycles. The van der Waals surface area contributed by atoms with Gasteiger partial charge >= 0.3 is 0 Å². The summed E-state index contributed by atoms with van der Waals surface area (Å²) in [5.41, 5.74) is 1.20. The Morgan fingerprint density at radius 2 is 2.00 bits per heavy atom. The van der Waals surface area contributed by atoms with Gasteiger partial charge in [0.2, 0.25) is 5.91 Å². The lowest BCUT2D eigenvalue weighted by atomic mass is 10.1. The van der Waals surface area contributed by atoms with Crippen LogP contribution in [0.3, 0.4) is 0 Å². The van der Waals surface area contributed by atoms with Gasteiger partial charge in [-0.05, 0) is 24.5 Å². The van der Waals surface area contributed by atoms with Crippen LogP contribution in [0.2, 0.25) is 0 Å². The molecule has 0 radical (unpaired) electrons. The molecule has 5 heteroatoms. The van der Waals surface area contributed by atoms with E-state index < -0.39 is 6.04 Å². The van der Waals surface area contributed by atoms with Crippen molar-refractivity contribution < 1.29 is 14.7 Å². The van der Waals surface area contributed by atoms with E-state index in [4.69, 9.17) is 5.11 Å². The molecule has 106 valence electrons. The van der Waals surface area contributed by atoms with Gasteiger partial charge in [0.15, 0.2) is 0 Å². The quantitative estimate of drug-likeness (QED) is 0.796. The lowest BCUT2D eigenvalue weighted by Gasteiger charge is -2.31. The van der Waals surface area contributed by atoms with Gasteiger partial charge in [0.25, 0.3) is 5.91 Å². The molecule has 20 heavy (non-hydrogen) atoms. The second kappa shape index (κ2) is 6.34. The van der Waals surface area contributed by atoms with E-state index in [-0.39, 0.29) is 18.4 Å². The Morgan fingerprint density at radius 1 is 1.30 bits per heavy atom. The van der Waals surface area contributed by atoms with E-state index in [1.807, 2.05) is 30.3 Å². The summed E-state index contributed by atoms with van der Waals surface area (Å²) in [5.74, 6) is -0.417. The van der Waals surface area contributed by atoms with Gasteiger partial charge in [-0.3, -0.25) is 9.59 Å². The van der Waals surface area contributed by atoms with E-state index in [1.165, 1.54) is 4.90 Å². The number of rotatable bonds is 4. The van der Waals surface area contributed by atoms with Crippen LogP contribution in [-0.4, -0.2) is 41.5 Å². The Labute approximate surface area is 117 Å². The third-order valence-electron chi connectivity index (χ3n) is 3.28. The Balaban J connectivity index is 2.19. The minimum atomic E-state index is -0.549. The first-order chi connectivity index (χ1) is 9.63. The van der Waals surface area contributed by atoms with E-state index in [9.17, 15) is 9.59 Å². The Bertz CT molecular complexity index is 525. The van der Waals surface area contributed by atoms with Crippen LogP contribution in [0.25, 0.3) is 6.08 Å². The van der Waals surface area contributed by atoms with Gasteiger partial charge < -0.3 is 15.3 Å². The number of hydrogen-bond acceptors (Lipinski definition) is 3. The van der Waals surface area contributed by atoms with Gasteiger partial charge in [0.05, 0.1) is 0 Å². The van der Waals surface area contributed by atoms with Crippen molar-refractivity contribution in [1.29, 1.82) is 0 Å². The van der Waals surface area contributed by atoms with Crippen LogP contribution in [0.5, 0.6) is 0 Å². The number of carbonyl (C=O) groups excluding carboxylic acids is 2. The van der Waals surface area contributed by atoms with E-state index in [2.05, 4.69) is 5.32 Å². The molecule has 0 spiro atoms. The first kappa shape index (κ1) is 14.3. The van der Waals surface area contributed by atoms with E-state index in [1.54, 1.807) is 13.1 Å². The largest absolute Gasteiger partial charge is 0.396 e. The zero-order valence-corrected chi connectivity index (χ0v) is 11.4. The monoisotopic (exact) mass is 274 g/mol. The second-order valence-electron chi connectivity index (χ2n) is 4.73. The predicted molar refractivity (Wildman–Crippen MR) is 75.4 cm³/mol. The van der Waals surface area contributed by atoms with Crippen LogP contribution in [0, 0.1) is 0 Å². The third kappa shape index (κ3) is 3.05. The van der Waals surface area contributed by atoms with Crippen LogP contribution in [0.1, 0.15) is 18.4 Å². The minimum absolute atomic E-state index is 0.01000. The van der Waals surface area contributed by atoms with Crippen molar-refractivity contribution in [3.05, 3.63) is 41.6 Å². The number of nitrogens with one attached hydrogen (secondary N) is 1. The first-order valence-electron chi connectivity index (χ1n) is 6.59. The maximum Gasteiger partial charge on any atom is 0.268 e. The topological polar surface area (TPSA) is 69.6 Å². The van der Waals surface area contributed by atoms with Crippen LogP contribution in [-0.2, 0) is 9.59 Å². The molecule has 1 saturated heterocycles. The number of benzene rings is 1. The number of hydrogen-bond donors (Lipinski definition) is 2. The second-order valence-corrected chi connectivity index (χ2v) is 4.73. The van der Waals surface area contributed by atoms with Crippen molar-refractivity contribution in [3.8, 4) is 0 Å². The molecule has 1 aliphatic rings. The van der Waals surface area contributed by atoms with Gasteiger partial charge in [-0.2, -0.15) is 0 Å². The molecule has 1 atom stereocenters. The molecular weight excluding hydrogens is 256 g/mol. The average Bonchev–Trinajstić information content (AvgIpc) is 2.47. The molecule has 2 rings (SSSR count). The summed E-state index contributed by atoms with van der Waals surface area (Å²) in [5, 5.41) is 11.5. The zero-order valence-electron chi connectivity index (χ0n) is 11.4.